The van der Waals surface area contributed by atoms with Gasteiger partial charge < -0.3 is 4.90 Å². The number of hydrogen-bond acceptors (Lipinski definition) is 1. The number of rotatable bonds is 5. The van der Waals surface area contributed by atoms with E-state index in [4.69, 9.17) is 23.2 Å². The number of carbonyl (C=O) groups excluding carboxylic acids is 1. The molecule has 2 atom stereocenters. The Balaban J connectivity index is 2.11. The Labute approximate surface area is 152 Å². The van der Waals surface area contributed by atoms with E-state index in [2.05, 4.69) is 6.58 Å². The van der Waals surface area contributed by atoms with Crippen LogP contribution in [-0.2, 0) is 0 Å². The molecule has 2 aromatic rings. The molecule has 0 radical (unpaired) electrons. The van der Waals surface area contributed by atoms with Crippen molar-refractivity contribution in [2.75, 3.05) is 6.54 Å². The Kier molecular flexibility index (Phi) is 4.98. The number of amides is 1. The molecule has 3 rings (SSSR count). The maximum atomic E-state index is 12.8. The lowest BCUT2D eigenvalue weighted by atomic mass is 9.84. The second kappa shape index (κ2) is 7.00. The lowest BCUT2D eigenvalue weighted by Gasteiger charge is -2.31. The number of carbonyl (C=O) groups is 1. The number of halogens is 2. The van der Waals surface area contributed by atoms with Gasteiger partial charge in [-0.1, -0.05) is 53.5 Å². The minimum Gasteiger partial charge on any atom is -0.331 e. The highest BCUT2D eigenvalue weighted by molar-refractivity contribution is 6.42. The fraction of sp³-hybridized carbons (Fsp3) is 0.250. The molecule has 124 valence electrons. The molecule has 0 aromatic heterocycles. The van der Waals surface area contributed by atoms with Crippen LogP contribution in [-0.4, -0.2) is 17.4 Å². The van der Waals surface area contributed by atoms with Crippen LogP contribution in [0.2, 0.25) is 10.0 Å². The summed E-state index contributed by atoms with van der Waals surface area (Å²) in [6.45, 7) is 6.57. The lowest BCUT2D eigenvalue weighted by Crippen LogP contribution is -2.31. The number of allylic oxidation sites excluding steroid dienone is 1. The Morgan fingerprint density at radius 3 is 2.62 bits per heavy atom. The summed E-state index contributed by atoms with van der Waals surface area (Å²) < 4.78 is 0. The average Bonchev–Trinajstić information content (AvgIpc) is 2.88. The van der Waals surface area contributed by atoms with Gasteiger partial charge in [0, 0.05) is 18.0 Å². The van der Waals surface area contributed by atoms with E-state index in [1.54, 1.807) is 0 Å². The van der Waals surface area contributed by atoms with Crippen molar-refractivity contribution in [3.63, 3.8) is 0 Å². The Bertz CT molecular complexity index is 787. The number of nitrogens with zero attached hydrogens (tertiary/aromatic N) is 1. The van der Waals surface area contributed by atoms with E-state index in [1.807, 2.05) is 60.4 Å². The molecule has 0 fully saturated rings. The van der Waals surface area contributed by atoms with Crippen molar-refractivity contribution >= 4 is 29.1 Å². The van der Waals surface area contributed by atoms with Crippen LogP contribution in [0, 0.1) is 0 Å². The third kappa shape index (κ3) is 2.85. The summed E-state index contributed by atoms with van der Waals surface area (Å²) in [7, 11) is 0. The first-order chi connectivity index (χ1) is 11.6. The summed E-state index contributed by atoms with van der Waals surface area (Å²) in [6.07, 6.45) is 2.65. The van der Waals surface area contributed by atoms with Gasteiger partial charge in [-0.15, -0.1) is 6.58 Å². The molecular weight excluding hydrogens is 341 g/mol. The summed E-state index contributed by atoms with van der Waals surface area (Å²) in [6, 6.07) is 13.5. The van der Waals surface area contributed by atoms with Crippen LogP contribution in [0.15, 0.2) is 55.1 Å². The van der Waals surface area contributed by atoms with E-state index in [0.717, 1.165) is 23.1 Å². The van der Waals surface area contributed by atoms with E-state index < -0.39 is 0 Å². The largest absolute Gasteiger partial charge is 0.331 e. The van der Waals surface area contributed by atoms with Crippen LogP contribution in [0.4, 0.5) is 0 Å². The van der Waals surface area contributed by atoms with Gasteiger partial charge in [-0.25, -0.2) is 0 Å². The van der Waals surface area contributed by atoms with Crippen molar-refractivity contribution in [3.8, 4) is 0 Å². The predicted octanol–water partition coefficient (Wildman–Crippen LogP) is 5.87. The van der Waals surface area contributed by atoms with Crippen molar-refractivity contribution in [2.24, 2.45) is 0 Å². The third-order valence-electron chi connectivity index (χ3n) is 4.62. The van der Waals surface area contributed by atoms with Crippen LogP contribution in [0.3, 0.4) is 0 Å². The summed E-state index contributed by atoms with van der Waals surface area (Å²) in [5.41, 5.74) is 2.93. The normalized spacial score (nSPS) is 17.7. The molecule has 1 unspecified atom stereocenters. The number of benzene rings is 2. The molecule has 0 aliphatic carbocycles. The zero-order valence-corrected chi connectivity index (χ0v) is 15.0. The lowest BCUT2D eigenvalue weighted by molar-refractivity contribution is 0.0713. The van der Waals surface area contributed by atoms with Gasteiger partial charge in [-0.3, -0.25) is 4.79 Å². The predicted molar refractivity (Wildman–Crippen MR) is 99.9 cm³/mol. The monoisotopic (exact) mass is 359 g/mol. The summed E-state index contributed by atoms with van der Waals surface area (Å²) in [5.74, 6) is 0.178. The van der Waals surface area contributed by atoms with Gasteiger partial charge in [0.1, 0.15) is 0 Å². The van der Waals surface area contributed by atoms with Crippen molar-refractivity contribution < 1.29 is 4.79 Å². The van der Waals surface area contributed by atoms with E-state index in [-0.39, 0.29) is 17.9 Å². The SMILES string of the molecule is C=CCC(c1ccc(Cl)c(Cl)c1)[C@@H]1c2ccccc2C(=O)N1CC. The standard InChI is InChI=1S/C20H19Cl2NO/c1-3-7-14(13-10-11-17(21)18(22)12-13)19-15-8-5-6-9-16(15)20(24)23(19)4-2/h3,5-6,8-12,14,19H,1,4,7H2,2H3/t14?,19-/m1/s1. The minimum atomic E-state index is -0.0195. The molecule has 4 heteroatoms. The zero-order valence-electron chi connectivity index (χ0n) is 13.5. The molecule has 1 aliphatic heterocycles. The number of likely N-dealkylation sites (N-methyl/N-ethyl adjacent to an activating group) is 1. The van der Waals surface area contributed by atoms with Gasteiger partial charge >= 0.3 is 0 Å². The molecule has 0 saturated heterocycles. The molecule has 0 N–H and O–H groups in total. The highest BCUT2D eigenvalue weighted by Crippen LogP contribution is 2.45. The Hall–Kier alpha value is -1.77. The van der Waals surface area contributed by atoms with Crippen molar-refractivity contribution in [1.82, 2.24) is 4.90 Å². The Morgan fingerprint density at radius 2 is 1.96 bits per heavy atom. The molecule has 1 heterocycles. The first-order valence-electron chi connectivity index (χ1n) is 8.04. The fourth-order valence-electron chi connectivity index (χ4n) is 3.54. The number of fused-ring (bicyclic) bond motifs is 1. The first kappa shape index (κ1) is 17.1. The summed E-state index contributed by atoms with van der Waals surface area (Å²) >= 11 is 12.3. The topological polar surface area (TPSA) is 20.3 Å². The van der Waals surface area contributed by atoms with E-state index >= 15 is 0 Å². The molecule has 2 aromatic carbocycles. The van der Waals surface area contributed by atoms with Gasteiger partial charge in [0.25, 0.3) is 5.91 Å². The van der Waals surface area contributed by atoms with Crippen LogP contribution in [0.25, 0.3) is 0 Å². The minimum absolute atomic E-state index is 0.0195. The van der Waals surface area contributed by atoms with E-state index in [1.165, 1.54) is 0 Å². The molecule has 0 saturated carbocycles. The van der Waals surface area contributed by atoms with Gasteiger partial charge in [-0.2, -0.15) is 0 Å². The average molecular weight is 360 g/mol. The van der Waals surface area contributed by atoms with Crippen molar-refractivity contribution in [2.45, 2.75) is 25.3 Å². The van der Waals surface area contributed by atoms with Crippen LogP contribution in [0.1, 0.15) is 46.8 Å². The maximum Gasteiger partial charge on any atom is 0.254 e. The second-order valence-electron chi connectivity index (χ2n) is 5.93. The smallest absolute Gasteiger partial charge is 0.254 e. The highest BCUT2D eigenvalue weighted by atomic mass is 35.5. The maximum absolute atomic E-state index is 12.8. The van der Waals surface area contributed by atoms with Gasteiger partial charge in [0.05, 0.1) is 16.1 Å². The van der Waals surface area contributed by atoms with E-state index in [9.17, 15) is 4.79 Å². The molecule has 0 bridgehead atoms. The molecule has 0 spiro atoms. The second-order valence-corrected chi connectivity index (χ2v) is 6.74. The van der Waals surface area contributed by atoms with Gasteiger partial charge in [0.2, 0.25) is 0 Å². The first-order valence-corrected chi connectivity index (χ1v) is 8.79. The quantitative estimate of drug-likeness (QED) is 0.611. The van der Waals surface area contributed by atoms with Crippen molar-refractivity contribution in [3.05, 3.63) is 81.9 Å². The molecule has 1 amide bonds. The Morgan fingerprint density at radius 1 is 1.21 bits per heavy atom. The fourth-order valence-corrected chi connectivity index (χ4v) is 3.85. The van der Waals surface area contributed by atoms with Crippen LogP contribution >= 0.6 is 23.2 Å². The molecule has 1 aliphatic rings. The van der Waals surface area contributed by atoms with Crippen molar-refractivity contribution in [1.29, 1.82) is 0 Å². The van der Waals surface area contributed by atoms with E-state index in [0.29, 0.717) is 16.6 Å². The highest BCUT2D eigenvalue weighted by Gasteiger charge is 2.40. The zero-order chi connectivity index (χ0) is 17.3. The summed E-state index contributed by atoms with van der Waals surface area (Å²) in [5, 5.41) is 1.07. The summed E-state index contributed by atoms with van der Waals surface area (Å²) in [4.78, 5) is 14.7. The van der Waals surface area contributed by atoms with Gasteiger partial charge in [0.15, 0.2) is 0 Å². The third-order valence-corrected chi connectivity index (χ3v) is 5.36. The molecule has 2 nitrogen and oxygen atoms in total. The molecular formula is C20H19Cl2NO. The van der Waals surface area contributed by atoms with Crippen LogP contribution < -0.4 is 0 Å². The van der Waals surface area contributed by atoms with Gasteiger partial charge in [-0.05, 0) is 42.7 Å². The number of hydrogen-bond donors (Lipinski definition) is 0. The van der Waals surface area contributed by atoms with Crippen LogP contribution in [0.5, 0.6) is 0 Å². The molecule has 24 heavy (non-hydrogen) atoms.